The van der Waals surface area contributed by atoms with Crippen LogP contribution in [0.1, 0.15) is 35.0 Å². The zero-order chi connectivity index (χ0) is 16.6. The summed E-state index contributed by atoms with van der Waals surface area (Å²) in [5, 5.41) is 1.11. The number of carbonyl (C=O) groups is 1. The van der Waals surface area contributed by atoms with E-state index in [1.54, 1.807) is 18.4 Å². The van der Waals surface area contributed by atoms with Gasteiger partial charge in [-0.3, -0.25) is 4.79 Å². The number of amides is 1. The van der Waals surface area contributed by atoms with Crippen LogP contribution in [-0.2, 0) is 0 Å². The molecule has 1 aromatic heterocycles. The molecule has 1 aromatic carbocycles. The summed E-state index contributed by atoms with van der Waals surface area (Å²) in [7, 11) is 1.66. The molecule has 0 aliphatic carbocycles. The molecule has 24 heavy (non-hydrogen) atoms. The van der Waals surface area contributed by atoms with E-state index in [4.69, 9.17) is 10.5 Å². The van der Waals surface area contributed by atoms with Crippen LogP contribution in [0.25, 0.3) is 10.1 Å². The number of hydrogen-bond donors (Lipinski definition) is 1. The molecule has 1 atom stereocenters. The van der Waals surface area contributed by atoms with E-state index in [-0.39, 0.29) is 24.4 Å². The number of carbonyl (C=O) groups excluding carboxylic acids is 1. The molecule has 1 fully saturated rings. The Bertz CT molecular complexity index is 721. The minimum Gasteiger partial charge on any atom is -0.497 e. The molecular formula is C18H25ClN2O2S. The predicted octanol–water partition coefficient (Wildman–Crippen LogP) is 3.84. The largest absolute Gasteiger partial charge is 0.497 e. The van der Waals surface area contributed by atoms with Gasteiger partial charge in [0.25, 0.3) is 5.91 Å². The lowest BCUT2D eigenvalue weighted by atomic mass is 9.91. The Kier molecular flexibility index (Phi) is 6.12. The van der Waals surface area contributed by atoms with Gasteiger partial charge in [0.1, 0.15) is 5.75 Å². The molecule has 2 N–H and O–H groups in total. The molecule has 6 heteroatoms. The maximum atomic E-state index is 12.9. The van der Waals surface area contributed by atoms with E-state index in [1.165, 1.54) is 0 Å². The van der Waals surface area contributed by atoms with E-state index >= 15 is 0 Å². The maximum absolute atomic E-state index is 12.9. The van der Waals surface area contributed by atoms with Crippen molar-refractivity contribution < 1.29 is 9.53 Å². The number of thiophene rings is 1. The average Bonchev–Trinajstić information content (AvgIpc) is 2.90. The van der Waals surface area contributed by atoms with Gasteiger partial charge in [-0.25, -0.2) is 0 Å². The smallest absolute Gasteiger partial charge is 0.264 e. The molecule has 1 aliphatic heterocycles. The molecule has 3 rings (SSSR count). The summed E-state index contributed by atoms with van der Waals surface area (Å²) in [6, 6.07) is 6.21. The third-order valence-electron chi connectivity index (χ3n) is 4.91. The Hall–Kier alpha value is -1.30. The number of hydrogen-bond acceptors (Lipinski definition) is 4. The van der Waals surface area contributed by atoms with Crippen molar-refractivity contribution in [2.75, 3.05) is 20.2 Å². The van der Waals surface area contributed by atoms with Crippen LogP contribution in [0.4, 0.5) is 0 Å². The number of nitrogens with zero attached hydrogens (tertiary/aromatic N) is 1. The van der Waals surface area contributed by atoms with Gasteiger partial charge in [-0.05, 0) is 61.8 Å². The third-order valence-corrected chi connectivity index (χ3v) is 6.17. The highest BCUT2D eigenvalue weighted by molar-refractivity contribution is 7.21. The van der Waals surface area contributed by atoms with Crippen molar-refractivity contribution in [3.63, 3.8) is 0 Å². The van der Waals surface area contributed by atoms with Gasteiger partial charge in [-0.15, -0.1) is 23.7 Å². The number of piperidine rings is 1. The lowest BCUT2D eigenvalue weighted by Gasteiger charge is -2.33. The summed E-state index contributed by atoms with van der Waals surface area (Å²) in [5.74, 6) is 1.52. The second-order valence-electron chi connectivity index (χ2n) is 6.41. The van der Waals surface area contributed by atoms with Gasteiger partial charge in [-0.1, -0.05) is 0 Å². The molecule has 0 bridgehead atoms. The topological polar surface area (TPSA) is 55.6 Å². The van der Waals surface area contributed by atoms with E-state index in [0.717, 1.165) is 52.2 Å². The monoisotopic (exact) mass is 368 g/mol. The Morgan fingerprint density at radius 3 is 2.62 bits per heavy atom. The third kappa shape index (κ3) is 3.53. The summed E-state index contributed by atoms with van der Waals surface area (Å²) >= 11 is 1.58. The number of aryl methyl sites for hydroxylation is 1. The molecule has 1 aliphatic rings. The first-order valence-electron chi connectivity index (χ1n) is 8.13. The lowest BCUT2D eigenvalue weighted by molar-refractivity contribution is 0.0685. The number of benzene rings is 1. The van der Waals surface area contributed by atoms with Crippen LogP contribution in [0.5, 0.6) is 5.75 Å². The Morgan fingerprint density at radius 1 is 1.38 bits per heavy atom. The minimum absolute atomic E-state index is 0. The van der Waals surface area contributed by atoms with E-state index in [1.807, 2.05) is 30.0 Å². The number of likely N-dealkylation sites (tertiary alicyclic amines) is 1. The molecule has 1 saturated heterocycles. The number of ether oxygens (including phenoxy) is 1. The van der Waals surface area contributed by atoms with Crippen LogP contribution in [-0.4, -0.2) is 37.0 Å². The Labute approximate surface area is 153 Å². The lowest BCUT2D eigenvalue weighted by Crippen LogP contribution is -2.42. The normalized spacial score (nSPS) is 16.8. The summed E-state index contributed by atoms with van der Waals surface area (Å²) in [6.45, 7) is 5.70. The molecule has 0 spiro atoms. The quantitative estimate of drug-likeness (QED) is 0.895. The van der Waals surface area contributed by atoms with Crippen LogP contribution in [0.3, 0.4) is 0 Å². The van der Waals surface area contributed by atoms with Crippen molar-refractivity contribution in [2.24, 2.45) is 11.7 Å². The highest BCUT2D eigenvalue weighted by atomic mass is 35.5. The maximum Gasteiger partial charge on any atom is 0.264 e. The summed E-state index contributed by atoms with van der Waals surface area (Å²) in [6.07, 6.45) is 2.00. The fraction of sp³-hybridized carbons (Fsp3) is 0.500. The fourth-order valence-electron chi connectivity index (χ4n) is 3.30. The van der Waals surface area contributed by atoms with E-state index in [9.17, 15) is 4.79 Å². The van der Waals surface area contributed by atoms with Crippen LogP contribution in [0.2, 0.25) is 0 Å². The Morgan fingerprint density at radius 2 is 2.04 bits per heavy atom. The van der Waals surface area contributed by atoms with Gasteiger partial charge in [0.15, 0.2) is 0 Å². The molecule has 2 heterocycles. The average molecular weight is 369 g/mol. The Balaban J connectivity index is 0.00000208. The number of methoxy groups -OCH3 is 1. The molecule has 1 unspecified atom stereocenters. The van der Waals surface area contributed by atoms with Crippen LogP contribution >= 0.6 is 23.7 Å². The first-order valence-corrected chi connectivity index (χ1v) is 8.95. The standard InChI is InChI=1S/C18H24N2O2S.ClH/c1-11-15-10-14(22-3)4-5-16(15)23-17(11)18(21)20-8-6-13(7-9-20)12(2)19;/h4-5,10,12-13H,6-9,19H2,1-3H3;1H. The zero-order valence-electron chi connectivity index (χ0n) is 14.4. The first-order chi connectivity index (χ1) is 11.0. The van der Waals surface area contributed by atoms with Crippen LogP contribution in [0, 0.1) is 12.8 Å². The molecule has 4 nitrogen and oxygen atoms in total. The highest BCUT2D eigenvalue weighted by Gasteiger charge is 2.27. The number of fused-ring (bicyclic) bond motifs is 1. The number of rotatable bonds is 3. The molecule has 0 saturated carbocycles. The fourth-order valence-corrected chi connectivity index (χ4v) is 4.46. The van der Waals surface area contributed by atoms with Crippen molar-refractivity contribution >= 4 is 39.7 Å². The number of halogens is 1. The second kappa shape index (κ2) is 7.72. The van der Waals surface area contributed by atoms with Gasteiger partial charge in [-0.2, -0.15) is 0 Å². The van der Waals surface area contributed by atoms with Crippen molar-refractivity contribution in [3.8, 4) is 5.75 Å². The van der Waals surface area contributed by atoms with Crippen LogP contribution < -0.4 is 10.5 Å². The highest BCUT2D eigenvalue weighted by Crippen LogP contribution is 2.34. The van der Waals surface area contributed by atoms with Crippen molar-refractivity contribution in [1.82, 2.24) is 4.90 Å². The van der Waals surface area contributed by atoms with Crippen molar-refractivity contribution in [2.45, 2.75) is 32.7 Å². The summed E-state index contributed by atoms with van der Waals surface area (Å²) in [5.41, 5.74) is 7.05. The zero-order valence-corrected chi connectivity index (χ0v) is 16.0. The minimum atomic E-state index is 0. The van der Waals surface area contributed by atoms with Gasteiger partial charge in [0.05, 0.1) is 12.0 Å². The first kappa shape index (κ1) is 19.0. The van der Waals surface area contributed by atoms with Gasteiger partial charge < -0.3 is 15.4 Å². The van der Waals surface area contributed by atoms with Gasteiger partial charge in [0.2, 0.25) is 0 Å². The second-order valence-corrected chi connectivity index (χ2v) is 7.46. The van der Waals surface area contributed by atoms with E-state index in [2.05, 4.69) is 6.92 Å². The molecule has 132 valence electrons. The number of nitrogens with two attached hydrogens (primary N) is 1. The van der Waals surface area contributed by atoms with Crippen molar-refractivity contribution in [1.29, 1.82) is 0 Å². The van der Waals surface area contributed by atoms with Gasteiger partial charge >= 0.3 is 0 Å². The molecule has 0 radical (unpaired) electrons. The SMILES string of the molecule is COc1ccc2sc(C(=O)N3CCC(C(C)N)CC3)c(C)c2c1.Cl. The van der Waals surface area contributed by atoms with E-state index < -0.39 is 0 Å². The van der Waals surface area contributed by atoms with E-state index in [0.29, 0.717) is 5.92 Å². The van der Waals surface area contributed by atoms with Gasteiger partial charge in [0, 0.05) is 23.8 Å². The summed E-state index contributed by atoms with van der Waals surface area (Å²) in [4.78, 5) is 15.7. The van der Waals surface area contributed by atoms with Crippen molar-refractivity contribution in [3.05, 3.63) is 28.6 Å². The van der Waals surface area contributed by atoms with Crippen LogP contribution in [0.15, 0.2) is 18.2 Å². The predicted molar refractivity (Wildman–Crippen MR) is 103 cm³/mol. The molecule has 2 aromatic rings. The molecular weight excluding hydrogens is 344 g/mol. The molecule has 1 amide bonds. The summed E-state index contributed by atoms with van der Waals surface area (Å²) < 4.78 is 6.43.